The lowest BCUT2D eigenvalue weighted by Crippen LogP contribution is -2.38. The molecule has 0 aliphatic rings. The van der Waals surface area contributed by atoms with E-state index in [0.29, 0.717) is 3.79 Å². The van der Waals surface area contributed by atoms with Crippen molar-refractivity contribution in [2.75, 3.05) is 6.61 Å². The van der Waals surface area contributed by atoms with Gasteiger partial charge in [-0.25, -0.2) is 13.1 Å². The maximum absolute atomic E-state index is 12.1. The highest BCUT2D eigenvalue weighted by Gasteiger charge is 2.24. The summed E-state index contributed by atoms with van der Waals surface area (Å²) in [6, 6.07) is 1.23. The van der Waals surface area contributed by atoms with Crippen molar-refractivity contribution in [1.82, 2.24) is 4.72 Å². The molecule has 8 heteroatoms. The van der Waals surface area contributed by atoms with Gasteiger partial charge in [0.15, 0.2) is 0 Å². The van der Waals surface area contributed by atoms with Crippen LogP contribution in [0, 0.1) is 5.92 Å². The molecule has 0 aliphatic heterocycles. The van der Waals surface area contributed by atoms with Crippen LogP contribution in [-0.4, -0.2) is 26.2 Å². The molecule has 1 aromatic heterocycles. The lowest BCUT2D eigenvalue weighted by Gasteiger charge is -2.18. The number of sulfonamides is 1. The van der Waals surface area contributed by atoms with E-state index in [9.17, 15) is 8.42 Å². The summed E-state index contributed by atoms with van der Waals surface area (Å²) >= 11 is 7.76. The Morgan fingerprint density at radius 3 is 2.47 bits per heavy atom. The van der Waals surface area contributed by atoms with Gasteiger partial charge < -0.3 is 5.11 Å². The molecule has 1 aromatic rings. The predicted octanol–water partition coefficient (Wildman–Crippen LogP) is 2.57. The van der Waals surface area contributed by atoms with Crippen molar-refractivity contribution in [3.8, 4) is 0 Å². The number of thiophene rings is 1. The van der Waals surface area contributed by atoms with Crippen LogP contribution >= 0.6 is 43.2 Å². The third-order valence-electron chi connectivity index (χ3n) is 2.40. The van der Waals surface area contributed by atoms with Crippen molar-refractivity contribution in [3.05, 3.63) is 13.6 Å². The van der Waals surface area contributed by atoms with Crippen LogP contribution in [0.4, 0.5) is 0 Å². The number of halogens is 2. The second-order valence-electron chi connectivity index (χ2n) is 3.76. The fourth-order valence-corrected chi connectivity index (χ4v) is 6.25. The molecule has 2 N–H and O–H groups in total. The Morgan fingerprint density at radius 1 is 1.47 bits per heavy atom. The van der Waals surface area contributed by atoms with Crippen LogP contribution in [-0.2, 0) is 10.0 Å². The number of nitrogens with one attached hydrogen (secondary N) is 1. The van der Waals surface area contributed by atoms with Gasteiger partial charge in [0.1, 0.15) is 4.90 Å². The van der Waals surface area contributed by atoms with E-state index in [1.165, 1.54) is 11.3 Å². The van der Waals surface area contributed by atoms with E-state index < -0.39 is 10.0 Å². The van der Waals surface area contributed by atoms with E-state index >= 15 is 0 Å². The van der Waals surface area contributed by atoms with E-state index in [1.807, 2.05) is 0 Å². The minimum absolute atomic E-state index is 0.0574. The van der Waals surface area contributed by atoms with Gasteiger partial charge in [-0.3, -0.25) is 0 Å². The molecule has 0 saturated carbocycles. The van der Waals surface area contributed by atoms with Gasteiger partial charge in [0.05, 0.1) is 7.57 Å². The van der Waals surface area contributed by atoms with Gasteiger partial charge in [-0.15, -0.1) is 11.3 Å². The topological polar surface area (TPSA) is 66.4 Å². The molecule has 0 fully saturated rings. The fourth-order valence-electron chi connectivity index (χ4n) is 1.09. The van der Waals surface area contributed by atoms with Gasteiger partial charge in [0.25, 0.3) is 0 Å². The van der Waals surface area contributed by atoms with E-state index in [2.05, 4.69) is 36.6 Å². The van der Waals surface area contributed by atoms with Gasteiger partial charge >= 0.3 is 0 Å². The second kappa shape index (κ2) is 6.12. The smallest absolute Gasteiger partial charge is 0.242 e. The van der Waals surface area contributed by atoms with Crippen LogP contribution in [0.2, 0.25) is 0 Å². The molecule has 98 valence electrons. The molecule has 1 heterocycles. The summed E-state index contributed by atoms with van der Waals surface area (Å²) in [6.07, 6.45) is 0. The van der Waals surface area contributed by atoms with Crippen molar-refractivity contribution in [2.45, 2.75) is 24.8 Å². The van der Waals surface area contributed by atoms with Crippen LogP contribution in [0.3, 0.4) is 0 Å². The van der Waals surface area contributed by atoms with Gasteiger partial charge in [-0.05, 0) is 50.8 Å². The molecule has 2 unspecified atom stereocenters. The zero-order valence-corrected chi connectivity index (χ0v) is 14.1. The quantitative estimate of drug-likeness (QED) is 0.789. The van der Waals surface area contributed by atoms with E-state index in [1.54, 1.807) is 19.9 Å². The lowest BCUT2D eigenvalue weighted by molar-refractivity contribution is 0.216. The minimum Gasteiger partial charge on any atom is -0.396 e. The molecule has 0 amide bonds. The van der Waals surface area contributed by atoms with Crippen LogP contribution in [0.1, 0.15) is 13.8 Å². The van der Waals surface area contributed by atoms with Gasteiger partial charge in [0.2, 0.25) is 10.0 Å². The first-order valence-electron chi connectivity index (χ1n) is 4.86. The Morgan fingerprint density at radius 2 is 2.06 bits per heavy atom. The first-order valence-corrected chi connectivity index (χ1v) is 8.74. The first kappa shape index (κ1) is 15.6. The second-order valence-corrected chi connectivity index (χ2v) is 9.19. The largest absolute Gasteiger partial charge is 0.396 e. The summed E-state index contributed by atoms with van der Waals surface area (Å²) in [6.45, 7) is 3.46. The molecular weight excluding hydrogens is 394 g/mol. The van der Waals surface area contributed by atoms with Crippen LogP contribution in [0.5, 0.6) is 0 Å². The highest BCUT2D eigenvalue weighted by atomic mass is 79.9. The molecule has 17 heavy (non-hydrogen) atoms. The monoisotopic (exact) mass is 405 g/mol. The third kappa shape index (κ3) is 4.00. The zero-order valence-electron chi connectivity index (χ0n) is 9.28. The molecule has 0 aromatic carbocycles. The normalized spacial score (nSPS) is 15.8. The Balaban J connectivity index is 2.93. The third-order valence-corrected chi connectivity index (χ3v) is 6.71. The Labute approximate surface area is 122 Å². The highest BCUT2D eigenvalue weighted by Crippen LogP contribution is 2.34. The van der Waals surface area contributed by atoms with Crippen LogP contribution < -0.4 is 4.72 Å². The number of aliphatic hydroxyl groups is 1. The molecule has 0 radical (unpaired) electrons. The number of hydrogen-bond acceptors (Lipinski definition) is 4. The Bertz CT molecular complexity index is 486. The average Bonchev–Trinajstić information content (AvgIpc) is 2.56. The highest BCUT2D eigenvalue weighted by molar-refractivity contribution is 9.12. The van der Waals surface area contributed by atoms with Crippen molar-refractivity contribution >= 4 is 53.2 Å². The summed E-state index contributed by atoms with van der Waals surface area (Å²) < 4.78 is 28.0. The molecule has 4 nitrogen and oxygen atoms in total. The Kier molecular flexibility index (Phi) is 5.61. The van der Waals surface area contributed by atoms with Crippen molar-refractivity contribution in [3.63, 3.8) is 0 Å². The lowest BCUT2D eigenvalue weighted by atomic mass is 10.1. The maximum Gasteiger partial charge on any atom is 0.242 e. The molecular formula is C9H13Br2NO3S2. The van der Waals surface area contributed by atoms with E-state index in [4.69, 9.17) is 5.11 Å². The summed E-state index contributed by atoms with van der Waals surface area (Å²) in [5.74, 6) is -0.134. The molecule has 0 saturated heterocycles. The SMILES string of the molecule is CC(CO)C(C)NS(=O)(=O)c1cc(Br)sc1Br. The molecule has 1 rings (SSSR count). The maximum atomic E-state index is 12.1. The van der Waals surface area contributed by atoms with E-state index in [0.717, 1.165) is 3.79 Å². The zero-order chi connectivity index (χ0) is 13.2. The number of rotatable bonds is 5. The van der Waals surface area contributed by atoms with Gasteiger partial charge in [-0.2, -0.15) is 0 Å². The van der Waals surface area contributed by atoms with Gasteiger partial charge in [0, 0.05) is 12.6 Å². The average molecular weight is 407 g/mol. The fraction of sp³-hybridized carbons (Fsp3) is 0.556. The van der Waals surface area contributed by atoms with Gasteiger partial charge in [-0.1, -0.05) is 6.92 Å². The van der Waals surface area contributed by atoms with Crippen LogP contribution in [0.25, 0.3) is 0 Å². The Hall–Kier alpha value is 0.530. The standard InChI is InChI=1S/C9H13Br2NO3S2/c1-5(4-13)6(2)12-17(14,15)7-3-8(10)16-9(7)11/h3,5-6,12-13H,4H2,1-2H3. The van der Waals surface area contributed by atoms with Crippen molar-refractivity contribution < 1.29 is 13.5 Å². The summed E-state index contributed by atoms with van der Waals surface area (Å²) in [4.78, 5) is 0.214. The summed E-state index contributed by atoms with van der Waals surface area (Å²) in [5.41, 5.74) is 0. The predicted molar refractivity (Wildman–Crippen MR) is 75.8 cm³/mol. The molecule has 0 bridgehead atoms. The first-order chi connectivity index (χ1) is 7.77. The summed E-state index contributed by atoms with van der Waals surface area (Å²) in [7, 11) is -3.55. The van der Waals surface area contributed by atoms with Crippen LogP contribution in [0.15, 0.2) is 18.5 Å². The van der Waals surface area contributed by atoms with Crippen molar-refractivity contribution in [2.24, 2.45) is 5.92 Å². The van der Waals surface area contributed by atoms with Crippen molar-refractivity contribution in [1.29, 1.82) is 0 Å². The molecule has 0 spiro atoms. The number of aliphatic hydroxyl groups excluding tert-OH is 1. The van der Waals surface area contributed by atoms with E-state index in [-0.39, 0.29) is 23.5 Å². The number of hydrogen-bond donors (Lipinski definition) is 2. The minimum atomic E-state index is -3.55. The summed E-state index contributed by atoms with van der Waals surface area (Å²) in [5, 5.41) is 8.98. The molecule has 0 aliphatic carbocycles. The molecule has 2 atom stereocenters.